The summed E-state index contributed by atoms with van der Waals surface area (Å²) in [4.78, 5) is 0. The van der Waals surface area contributed by atoms with Gasteiger partial charge in [0.25, 0.3) is 0 Å². The highest BCUT2D eigenvalue weighted by Gasteiger charge is 2.31. The summed E-state index contributed by atoms with van der Waals surface area (Å²) in [5.41, 5.74) is 6.41. The molecule has 0 spiro atoms. The Balaban J connectivity index is 0.00000361. The molecule has 0 aromatic heterocycles. The average Bonchev–Trinajstić information content (AvgIpc) is 2.35. The number of benzene rings is 1. The van der Waals surface area contributed by atoms with Crippen molar-refractivity contribution < 1.29 is 14.6 Å². The van der Waals surface area contributed by atoms with Crippen molar-refractivity contribution in [2.45, 2.75) is 32.9 Å². The molecule has 0 amide bonds. The molecular formula is C14H23Cl2NO3. The second-order valence-corrected chi connectivity index (χ2v) is 5.92. The van der Waals surface area contributed by atoms with Crippen LogP contribution in [0.4, 0.5) is 0 Å². The topological polar surface area (TPSA) is 64.7 Å². The second-order valence-electron chi connectivity index (χ2n) is 5.54. The molecule has 0 saturated carbocycles. The monoisotopic (exact) mass is 323 g/mol. The van der Waals surface area contributed by atoms with E-state index < -0.39 is 12.1 Å². The number of hydrogen-bond acceptors (Lipinski definition) is 4. The number of aliphatic hydroxyl groups is 1. The minimum absolute atomic E-state index is 0. The van der Waals surface area contributed by atoms with Crippen LogP contribution >= 0.6 is 24.0 Å². The molecule has 0 saturated heterocycles. The van der Waals surface area contributed by atoms with Gasteiger partial charge in [0.2, 0.25) is 0 Å². The number of nitrogens with two attached hydrogens (primary N) is 1. The van der Waals surface area contributed by atoms with Gasteiger partial charge in [0.15, 0.2) is 11.5 Å². The van der Waals surface area contributed by atoms with Crippen LogP contribution in [-0.2, 0) is 0 Å². The van der Waals surface area contributed by atoms with E-state index in [4.69, 9.17) is 26.8 Å². The van der Waals surface area contributed by atoms with E-state index in [-0.39, 0.29) is 17.8 Å². The number of ether oxygens (including phenoxy) is 2. The molecule has 0 radical (unpaired) electrons. The van der Waals surface area contributed by atoms with Gasteiger partial charge in [-0.2, -0.15) is 0 Å². The van der Waals surface area contributed by atoms with Crippen molar-refractivity contribution in [3.63, 3.8) is 0 Å². The zero-order valence-electron chi connectivity index (χ0n) is 12.4. The van der Waals surface area contributed by atoms with Gasteiger partial charge in [-0.1, -0.05) is 38.4 Å². The van der Waals surface area contributed by atoms with Crippen LogP contribution in [0.15, 0.2) is 12.1 Å². The Labute approximate surface area is 131 Å². The molecule has 0 aliphatic carbocycles. The van der Waals surface area contributed by atoms with Gasteiger partial charge >= 0.3 is 0 Å². The van der Waals surface area contributed by atoms with Crippen molar-refractivity contribution in [3.8, 4) is 11.5 Å². The van der Waals surface area contributed by atoms with Gasteiger partial charge in [-0.05, 0) is 17.0 Å². The molecule has 0 aliphatic rings. The van der Waals surface area contributed by atoms with Crippen molar-refractivity contribution in [1.29, 1.82) is 0 Å². The molecule has 2 atom stereocenters. The second kappa shape index (κ2) is 7.36. The van der Waals surface area contributed by atoms with Gasteiger partial charge < -0.3 is 20.3 Å². The minimum Gasteiger partial charge on any atom is -0.493 e. The summed E-state index contributed by atoms with van der Waals surface area (Å²) in [7, 11) is 3.05. The van der Waals surface area contributed by atoms with Crippen LogP contribution in [0.1, 0.15) is 32.4 Å². The third kappa shape index (κ3) is 3.92. The molecule has 1 aromatic rings. The third-order valence-electron chi connectivity index (χ3n) is 3.10. The first kappa shape index (κ1) is 19.3. The lowest BCUT2D eigenvalue weighted by atomic mass is 9.82. The largest absolute Gasteiger partial charge is 0.493 e. The number of methoxy groups -OCH3 is 2. The quantitative estimate of drug-likeness (QED) is 0.893. The van der Waals surface area contributed by atoms with Crippen LogP contribution in [0.5, 0.6) is 11.5 Å². The molecule has 6 heteroatoms. The molecule has 20 heavy (non-hydrogen) atoms. The highest BCUT2D eigenvalue weighted by molar-refractivity contribution is 6.33. The van der Waals surface area contributed by atoms with E-state index in [1.54, 1.807) is 12.1 Å². The standard InChI is InChI=1S/C14H22ClNO3.ClH/c1-14(2,3)13(17)11(16)8-6-7-9(18-4)12(19-5)10(8)15;/h6-7,11,13,17H,16H2,1-5H3;1H/t11-,13-;/m1./s1. The van der Waals surface area contributed by atoms with Crippen LogP contribution in [0.3, 0.4) is 0 Å². The van der Waals surface area contributed by atoms with E-state index in [0.717, 1.165) is 0 Å². The smallest absolute Gasteiger partial charge is 0.179 e. The van der Waals surface area contributed by atoms with Gasteiger partial charge in [-0.25, -0.2) is 0 Å². The lowest BCUT2D eigenvalue weighted by Crippen LogP contribution is -2.37. The lowest BCUT2D eigenvalue weighted by Gasteiger charge is -2.31. The summed E-state index contributed by atoms with van der Waals surface area (Å²) in [6.45, 7) is 5.77. The van der Waals surface area contributed by atoms with Crippen molar-refractivity contribution >= 4 is 24.0 Å². The van der Waals surface area contributed by atoms with Gasteiger partial charge in [0.1, 0.15) is 0 Å². The normalized spacial score (nSPS) is 14.2. The molecule has 0 aliphatic heterocycles. The fraction of sp³-hybridized carbons (Fsp3) is 0.571. The molecule has 116 valence electrons. The first-order chi connectivity index (χ1) is 8.73. The van der Waals surface area contributed by atoms with Gasteiger partial charge in [-0.15, -0.1) is 12.4 Å². The van der Waals surface area contributed by atoms with E-state index >= 15 is 0 Å². The Bertz CT molecular complexity index is 447. The summed E-state index contributed by atoms with van der Waals surface area (Å²) in [5, 5.41) is 10.6. The van der Waals surface area contributed by atoms with E-state index in [2.05, 4.69) is 0 Å². The number of hydrogen-bond donors (Lipinski definition) is 2. The molecule has 1 rings (SSSR count). The molecule has 4 nitrogen and oxygen atoms in total. The summed E-state index contributed by atoms with van der Waals surface area (Å²) in [6, 6.07) is 2.89. The Morgan fingerprint density at radius 2 is 1.75 bits per heavy atom. The maximum absolute atomic E-state index is 10.3. The van der Waals surface area contributed by atoms with E-state index in [1.165, 1.54) is 14.2 Å². The Kier molecular flexibility index (Phi) is 7.11. The molecule has 3 N–H and O–H groups in total. The number of halogens is 2. The van der Waals surface area contributed by atoms with Gasteiger partial charge in [0, 0.05) is 0 Å². The SMILES string of the molecule is COc1ccc([C@@H](N)[C@@H](O)C(C)(C)C)c(Cl)c1OC.Cl. The predicted octanol–water partition coefficient (Wildman–Crippen LogP) is 3.19. The minimum atomic E-state index is -0.719. The maximum atomic E-state index is 10.3. The van der Waals surface area contributed by atoms with E-state index in [9.17, 15) is 5.11 Å². The first-order valence-corrected chi connectivity index (χ1v) is 6.45. The highest BCUT2D eigenvalue weighted by Crippen LogP contribution is 2.41. The molecule has 1 aromatic carbocycles. The number of aliphatic hydroxyl groups excluding tert-OH is 1. The zero-order valence-corrected chi connectivity index (χ0v) is 14.0. The molecule has 0 bridgehead atoms. The van der Waals surface area contributed by atoms with Crippen molar-refractivity contribution in [3.05, 3.63) is 22.7 Å². The lowest BCUT2D eigenvalue weighted by molar-refractivity contribution is 0.0400. The fourth-order valence-electron chi connectivity index (χ4n) is 1.87. The van der Waals surface area contributed by atoms with Crippen LogP contribution in [0.2, 0.25) is 5.02 Å². The first-order valence-electron chi connectivity index (χ1n) is 6.08. The van der Waals surface area contributed by atoms with Gasteiger partial charge in [0.05, 0.1) is 31.4 Å². The van der Waals surface area contributed by atoms with E-state index in [1.807, 2.05) is 20.8 Å². The summed E-state index contributed by atoms with van der Waals surface area (Å²) >= 11 is 6.29. The third-order valence-corrected chi connectivity index (χ3v) is 3.49. The van der Waals surface area contributed by atoms with Crippen LogP contribution < -0.4 is 15.2 Å². The fourth-order valence-corrected chi connectivity index (χ4v) is 2.23. The zero-order chi connectivity index (χ0) is 14.8. The average molecular weight is 324 g/mol. The highest BCUT2D eigenvalue weighted by atomic mass is 35.5. The van der Waals surface area contributed by atoms with Crippen molar-refractivity contribution in [2.24, 2.45) is 11.1 Å². The molecule has 0 unspecified atom stereocenters. The van der Waals surface area contributed by atoms with Crippen LogP contribution in [-0.4, -0.2) is 25.4 Å². The van der Waals surface area contributed by atoms with Crippen LogP contribution in [0, 0.1) is 5.41 Å². The maximum Gasteiger partial charge on any atom is 0.179 e. The summed E-state index contributed by atoms with van der Waals surface area (Å²) < 4.78 is 10.4. The summed E-state index contributed by atoms with van der Waals surface area (Å²) in [6.07, 6.45) is -0.719. The Hall–Kier alpha value is -0.680. The van der Waals surface area contributed by atoms with Crippen molar-refractivity contribution in [1.82, 2.24) is 0 Å². The van der Waals surface area contributed by atoms with E-state index in [0.29, 0.717) is 22.1 Å². The molecule has 0 heterocycles. The molecular weight excluding hydrogens is 301 g/mol. The Morgan fingerprint density at radius 1 is 1.20 bits per heavy atom. The number of rotatable bonds is 4. The Morgan fingerprint density at radius 3 is 2.15 bits per heavy atom. The summed E-state index contributed by atoms with van der Waals surface area (Å²) in [5.74, 6) is 0.965. The van der Waals surface area contributed by atoms with Crippen molar-refractivity contribution in [2.75, 3.05) is 14.2 Å². The molecule has 0 fully saturated rings. The predicted molar refractivity (Wildman–Crippen MR) is 84.2 cm³/mol. The van der Waals surface area contributed by atoms with Crippen LogP contribution in [0.25, 0.3) is 0 Å². The van der Waals surface area contributed by atoms with Gasteiger partial charge in [-0.3, -0.25) is 0 Å².